The number of hydrogen-bond donors (Lipinski definition) is 1. The van der Waals surface area contributed by atoms with E-state index in [1.54, 1.807) is 22.9 Å². The van der Waals surface area contributed by atoms with Gasteiger partial charge in [0.15, 0.2) is 0 Å². The van der Waals surface area contributed by atoms with Gasteiger partial charge in [0.2, 0.25) is 0 Å². The second kappa shape index (κ2) is 4.71. The summed E-state index contributed by atoms with van der Waals surface area (Å²) in [7, 11) is 3.87. The van der Waals surface area contributed by atoms with Crippen LogP contribution in [-0.2, 0) is 14.1 Å². The Hall–Kier alpha value is -3.08. The second-order valence-electron chi connectivity index (χ2n) is 5.66. The lowest BCUT2D eigenvalue weighted by molar-refractivity contribution is 0.0697. The maximum absolute atomic E-state index is 11.3. The van der Waals surface area contributed by atoms with Gasteiger partial charge in [-0.2, -0.15) is 5.10 Å². The molecule has 0 atom stereocenters. The zero-order chi connectivity index (χ0) is 16.1. The van der Waals surface area contributed by atoms with E-state index in [9.17, 15) is 9.90 Å². The van der Waals surface area contributed by atoms with Gasteiger partial charge in [0, 0.05) is 30.4 Å². The summed E-state index contributed by atoms with van der Waals surface area (Å²) >= 11 is 0. The van der Waals surface area contributed by atoms with Gasteiger partial charge >= 0.3 is 5.97 Å². The van der Waals surface area contributed by atoms with Gasteiger partial charge in [-0.3, -0.25) is 4.68 Å². The summed E-state index contributed by atoms with van der Waals surface area (Å²) in [4.78, 5) is 11.3. The summed E-state index contributed by atoms with van der Waals surface area (Å²) in [5.41, 5.74) is 4.07. The quantitative estimate of drug-likeness (QED) is 0.617. The largest absolute Gasteiger partial charge is 0.478 e. The summed E-state index contributed by atoms with van der Waals surface area (Å²) in [5, 5.41) is 15.9. The normalized spacial score (nSPS) is 11.4. The highest BCUT2D eigenvalue weighted by atomic mass is 16.4. The maximum atomic E-state index is 11.3. The van der Waals surface area contributed by atoms with E-state index in [1.807, 2.05) is 26.2 Å². The van der Waals surface area contributed by atoms with E-state index in [0.717, 1.165) is 33.2 Å². The van der Waals surface area contributed by atoms with E-state index in [1.165, 1.54) is 0 Å². The summed E-state index contributed by atoms with van der Waals surface area (Å²) in [6.07, 6.45) is 0. The van der Waals surface area contributed by atoms with Crippen molar-refractivity contribution < 1.29 is 9.90 Å². The summed E-state index contributed by atoms with van der Waals surface area (Å²) in [5.74, 6) is -0.932. The molecule has 0 bridgehead atoms. The second-order valence-corrected chi connectivity index (χ2v) is 5.66. The van der Waals surface area contributed by atoms with Gasteiger partial charge in [0.1, 0.15) is 5.69 Å². The highest BCUT2D eigenvalue weighted by Crippen LogP contribution is 2.32. The van der Waals surface area contributed by atoms with Gasteiger partial charge in [0.25, 0.3) is 0 Å². The first-order valence-corrected chi connectivity index (χ1v) is 7.31. The zero-order valence-electron chi connectivity index (χ0n) is 12.8. The van der Waals surface area contributed by atoms with Crippen LogP contribution in [0.25, 0.3) is 33.2 Å². The van der Waals surface area contributed by atoms with Crippen molar-refractivity contribution in [2.24, 2.45) is 14.1 Å². The molecule has 0 aliphatic heterocycles. The Morgan fingerprint density at radius 1 is 1.04 bits per heavy atom. The van der Waals surface area contributed by atoms with Crippen LogP contribution < -0.4 is 0 Å². The first kappa shape index (κ1) is 13.6. The number of fused-ring (bicyclic) bond motifs is 2. The number of benzene rings is 2. The Morgan fingerprint density at radius 3 is 2.57 bits per heavy atom. The van der Waals surface area contributed by atoms with Crippen LogP contribution in [0.5, 0.6) is 0 Å². The lowest BCUT2D eigenvalue weighted by atomic mass is 10.1. The number of nitrogens with zero attached hydrogens (tertiary/aromatic N) is 3. The van der Waals surface area contributed by atoms with Gasteiger partial charge in [-0.25, -0.2) is 4.79 Å². The fourth-order valence-electron chi connectivity index (χ4n) is 3.10. The molecule has 2 heterocycles. The van der Waals surface area contributed by atoms with Crippen molar-refractivity contribution in [3.8, 4) is 11.4 Å². The third-order valence-electron chi connectivity index (χ3n) is 4.29. The van der Waals surface area contributed by atoms with Crippen molar-refractivity contribution in [2.75, 3.05) is 0 Å². The number of carboxylic acid groups (broad SMARTS) is 1. The standard InChI is InChI=1S/C18H15N3O2/c1-20-14-6-4-3-5-11(14)10-16(20)17-13-9-12(18(22)23)7-8-15(13)21(2)19-17/h3-10H,1-2H3,(H,22,23). The topological polar surface area (TPSA) is 60.0 Å². The molecule has 0 saturated carbocycles. The number of aryl methyl sites for hydroxylation is 2. The third-order valence-corrected chi connectivity index (χ3v) is 4.29. The highest BCUT2D eigenvalue weighted by Gasteiger charge is 2.17. The molecule has 23 heavy (non-hydrogen) atoms. The van der Waals surface area contributed by atoms with Crippen LogP contribution in [0, 0.1) is 0 Å². The van der Waals surface area contributed by atoms with E-state index in [-0.39, 0.29) is 5.56 Å². The molecule has 5 nitrogen and oxygen atoms in total. The number of carbonyl (C=O) groups is 1. The minimum absolute atomic E-state index is 0.269. The molecule has 4 aromatic rings. The molecule has 5 heteroatoms. The molecule has 2 aromatic heterocycles. The lowest BCUT2D eigenvalue weighted by Crippen LogP contribution is -1.95. The average Bonchev–Trinajstić information content (AvgIpc) is 3.05. The molecule has 114 valence electrons. The number of para-hydroxylation sites is 1. The fraction of sp³-hybridized carbons (Fsp3) is 0.111. The Labute approximate surface area is 132 Å². The van der Waals surface area contributed by atoms with Crippen LogP contribution >= 0.6 is 0 Å². The van der Waals surface area contributed by atoms with E-state index in [4.69, 9.17) is 0 Å². The van der Waals surface area contributed by atoms with Crippen LogP contribution in [0.3, 0.4) is 0 Å². The first-order valence-electron chi connectivity index (χ1n) is 7.31. The van der Waals surface area contributed by atoms with Gasteiger partial charge in [0.05, 0.1) is 16.8 Å². The van der Waals surface area contributed by atoms with E-state index in [0.29, 0.717) is 0 Å². The molecule has 0 spiro atoms. The molecule has 1 N–H and O–H groups in total. The number of hydrogen-bond acceptors (Lipinski definition) is 2. The molecule has 4 rings (SSSR count). The average molecular weight is 305 g/mol. The van der Waals surface area contributed by atoms with Crippen LogP contribution in [-0.4, -0.2) is 25.4 Å². The number of aromatic carboxylic acids is 1. The Bertz CT molecular complexity index is 1070. The molecule has 0 fully saturated rings. The predicted octanol–water partition coefficient (Wildman–Crippen LogP) is 3.43. The molecule has 0 unspecified atom stereocenters. The van der Waals surface area contributed by atoms with Crippen molar-refractivity contribution in [1.82, 2.24) is 14.3 Å². The van der Waals surface area contributed by atoms with E-state index in [2.05, 4.69) is 27.9 Å². The minimum Gasteiger partial charge on any atom is -0.478 e. The maximum Gasteiger partial charge on any atom is 0.335 e. The van der Waals surface area contributed by atoms with Crippen molar-refractivity contribution in [2.45, 2.75) is 0 Å². The van der Waals surface area contributed by atoms with Crippen molar-refractivity contribution in [3.05, 3.63) is 54.1 Å². The Morgan fingerprint density at radius 2 is 1.83 bits per heavy atom. The minimum atomic E-state index is -0.932. The SMILES string of the molecule is Cn1nc(-c2cc3ccccc3n2C)c2cc(C(=O)O)ccc21. The van der Waals surface area contributed by atoms with Gasteiger partial charge < -0.3 is 9.67 Å². The van der Waals surface area contributed by atoms with Crippen LogP contribution in [0.2, 0.25) is 0 Å². The molecule has 0 aliphatic carbocycles. The molecule has 0 saturated heterocycles. The van der Waals surface area contributed by atoms with Crippen molar-refractivity contribution in [3.63, 3.8) is 0 Å². The summed E-state index contributed by atoms with van der Waals surface area (Å²) < 4.78 is 3.87. The van der Waals surface area contributed by atoms with Gasteiger partial charge in [-0.1, -0.05) is 18.2 Å². The predicted molar refractivity (Wildman–Crippen MR) is 89.6 cm³/mol. The van der Waals surface area contributed by atoms with E-state index < -0.39 is 5.97 Å². The van der Waals surface area contributed by atoms with Crippen LogP contribution in [0.1, 0.15) is 10.4 Å². The lowest BCUT2D eigenvalue weighted by Gasteiger charge is -2.02. The molecule has 0 amide bonds. The van der Waals surface area contributed by atoms with Crippen LogP contribution in [0.4, 0.5) is 0 Å². The first-order chi connectivity index (χ1) is 11.1. The molecule has 0 aliphatic rings. The molecular weight excluding hydrogens is 290 g/mol. The molecule has 2 aromatic carbocycles. The van der Waals surface area contributed by atoms with Crippen molar-refractivity contribution in [1.29, 1.82) is 0 Å². The number of carboxylic acids is 1. The smallest absolute Gasteiger partial charge is 0.335 e. The monoisotopic (exact) mass is 305 g/mol. The number of rotatable bonds is 2. The zero-order valence-corrected chi connectivity index (χ0v) is 12.8. The molecule has 0 radical (unpaired) electrons. The Balaban J connectivity index is 2.05. The summed E-state index contributed by atoms with van der Waals surface area (Å²) in [6.45, 7) is 0. The van der Waals surface area contributed by atoms with Gasteiger partial charge in [-0.05, 0) is 30.3 Å². The Kier molecular flexibility index (Phi) is 2.78. The summed E-state index contributed by atoms with van der Waals surface area (Å²) in [6, 6.07) is 15.3. The number of aromatic nitrogens is 3. The third kappa shape index (κ3) is 1.93. The van der Waals surface area contributed by atoms with Gasteiger partial charge in [-0.15, -0.1) is 0 Å². The molecular formula is C18H15N3O2. The van der Waals surface area contributed by atoms with Crippen molar-refractivity contribution >= 4 is 27.8 Å². The fourth-order valence-corrected chi connectivity index (χ4v) is 3.10. The highest BCUT2D eigenvalue weighted by molar-refractivity contribution is 6.00. The van der Waals surface area contributed by atoms with E-state index >= 15 is 0 Å². The van der Waals surface area contributed by atoms with Crippen LogP contribution in [0.15, 0.2) is 48.5 Å².